The van der Waals surface area contributed by atoms with Gasteiger partial charge in [-0.25, -0.2) is 0 Å². The molecular formula is C10H12ClNO2. The Kier molecular flexibility index (Phi) is 2.77. The molecule has 76 valence electrons. The molecule has 1 aromatic rings. The summed E-state index contributed by atoms with van der Waals surface area (Å²) in [5, 5.41) is 2.77. The van der Waals surface area contributed by atoms with E-state index in [1.807, 2.05) is 12.1 Å². The summed E-state index contributed by atoms with van der Waals surface area (Å²) in [4.78, 5) is 10.9. The van der Waals surface area contributed by atoms with Gasteiger partial charge in [-0.1, -0.05) is 0 Å². The summed E-state index contributed by atoms with van der Waals surface area (Å²) in [5.41, 5.74) is 0. The Hall–Kier alpha value is -0.960. The van der Waals surface area contributed by atoms with Gasteiger partial charge in [0.25, 0.3) is 0 Å². The van der Waals surface area contributed by atoms with E-state index in [-0.39, 0.29) is 11.8 Å². The molecule has 1 aliphatic carbocycles. The fraction of sp³-hybridized carbons (Fsp3) is 0.500. The van der Waals surface area contributed by atoms with E-state index in [1.54, 1.807) is 6.26 Å². The van der Waals surface area contributed by atoms with Crippen LogP contribution in [0.25, 0.3) is 0 Å². The Morgan fingerprint density at radius 2 is 2.57 bits per heavy atom. The maximum atomic E-state index is 10.9. The summed E-state index contributed by atoms with van der Waals surface area (Å²) in [5.74, 6) is 1.97. The Morgan fingerprint density at radius 1 is 1.71 bits per heavy atom. The maximum Gasteiger partial charge on any atom is 0.234 e. The zero-order valence-electron chi connectivity index (χ0n) is 7.70. The zero-order chi connectivity index (χ0) is 9.97. The van der Waals surface area contributed by atoms with Crippen LogP contribution >= 0.6 is 11.6 Å². The summed E-state index contributed by atoms with van der Waals surface area (Å²) in [6.45, 7) is 0.705. The topological polar surface area (TPSA) is 42.2 Å². The van der Waals surface area contributed by atoms with Gasteiger partial charge in [-0.05, 0) is 24.5 Å². The molecule has 0 spiro atoms. The van der Waals surface area contributed by atoms with Crippen molar-refractivity contribution in [3.05, 3.63) is 24.2 Å². The van der Waals surface area contributed by atoms with Gasteiger partial charge in [0.05, 0.1) is 6.26 Å². The molecule has 2 rings (SSSR count). The number of alkyl halides is 1. The summed E-state index contributed by atoms with van der Waals surface area (Å²) >= 11 is 5.36. The largest absolute Gasteiger partial charge is 0.469 e. The molecule has 0 aliphatic heterocycles. The number of rotatable bonds is 4. The average Bonchev–Trinajstić information content (AvgIpc) is 2.77. The van der Waals surface area contributed by atoms with Crippen LogP contribution in [0.1, 0.15) is 18.1 Å². The van der Waals surface area contributed by atoms with Gasteiger partial charge in [-0.3, -0.25) is 4.79 Å². The van der Waals surface area contributed by atoms with Crippen molar-refractivity contribution in [1.29, 1.82) is 0 Å². The Bertz CT molecular complexity index is 310. The van der Waals surface area contributed by atoms with Gasteiger partial charge < -0.3 is 9.73 Å². The second kappa shape index (κ2) is 4.05. The van der Waals surface area contributed by atoms with Gasteiger partial charge in [0.1, 0.15) is 11.6 Å². The third-order valence-electron chi connectivity index (χ3n) is 2.51. The monoisotopic (exact) mass is 213 g/mol. The predicted octanol–water partition coefficient (Wildman–Crippen LogP) is 1.74. The minimum atomic E-state index is -0.100. The molecule has 0 saturated heterocycles. The van der Waals surface area contributed by atoms with Crippen LogP contribution < -0.4 is 5.32 Å². The lowest BCUT2D eigenvalue weighted by Gasteiger charge is -2.00. The van der Waals surface area contributed by atoms with Crippen LogP contribution in [0.3, 0.4) is 0 Å². The third-order valence-corrected chi connectivity index (χ3v) is 2.76. The van der Waals surface area contributed by atoms with Gasteiger partial charge >= 0.3 is 0 Å². The van der Waals surface area contributed by atoms with E-state index in [2.05, 4.69) is 5.32 Å². The predicted molar refractivity (Wildman–Crippen MR) is 53.3 cm³/mol. The molecule has 3 nitrogen and oxygen atoms in total. The molecule has 1 saturated carbocycles. The molecule has 1 aliphatic rings. The molecule has 1 aromatic heterocycles. The van der Waals surface area contributed by atoms with Crippen LogP contribution in [0, 0.1) is 5.92 Å². The highest BCUT2D eigenvalue weighted by molar-refractivity contribution is 6.27. The highest BCUT2D eigenvalue weighted by atomic mass is 35.5. The Labute approximate surface area is 87.4 Å². The van der Waals surface area contributed by atoms with Crippen LogP contribution in [-0.2, 0) is 4.79 Å². The van der Waals surface area contributed by atoms with E-state index in [9.17, 15) is 4.79 Å². The molecule has 0 unspecified atom stereocenters. The molecular weight excluding hydrogens is 202 g/mol. The lowest BCUT2D eigenvalue weighted by molar-refractivity contribution is -0.118. The minimum Gasteiger partial charge on any atom is -0.469 e. The number of amides is 1. The number of carbonyl (C=O) groups is 1. The second-order valence-electron chi connectivity index (χ2n) is 3.56. The molecule has 1 N–H and O–H groups in total. The van der Waals surface area contributed by atoms with Crippen molar-refractivity contribution in [2.24, 2.45) is 5.92 Å². The van der Waals surface area contributed by atoms with Crippen LogP contribution in [0.5, 0.6) is 0 Å². The fourth-order valence-corrected chi connectivity index (χ4v) is 1.71. The summed E-state index contributed by atoms with van der Waals surface area (Å²) in [6.07, 6.45) is 2.78. The number of hydrogen-bond acceptors (Lipinski definition) is 2. The van der Waals surface area contributed by atoms with Crippen LogP contribution in [0.4, 0.5) is 0 Å². The number of halogens is 1. The first kappa shape index (κ1) is 9.59. The fourth-order valence-electron chi connectivity index (χ4n) is 1.62. The molecule has 1 amide bonds. The highest BCUT2D eigenvalue weighted by Gasteiger charge is 2.40. The smallest absolute Gasteiger partial charge is 0.234 e. The van der Waals surface area contributed by atoms with Crippen molar-refractivity contribution < 1.29 is 9.21 Å². The number of furan rings is 1. The minimum absolute atomic E-state index is 0.0398. The van der Waals surface area contributed by atoms with E-state index in [0.717, 1.165) is 12.2 Å². The quantitative estimate of drug-likeness (QED) is 0.775. The molecule has 1 fully saturated rings. The number of carbonyl (C=O) groups excluding carboxylic acids is 1. The molecule has 0 radical (unpaired) electrons. The number of hydrogen-bond donors (Lipinski definition) is 1. The first-order valence-corrected chi connectivity index (χ1v) is 5.20. The van der Waals surface area contributed by atoms with E-state index < -0.39 is 0 Å². The van der Waals surface area contributed by atoms with E-state index >= 15 is 0 Å². The van der Waals surface area contributed by atoms with Gasteiger partial charge in [0.2, 0.25) is 5.91 Å². The Balaban J connectivity index is 1.75. The van der Waals surface area contributed by atoms with Crippen molar-refractivity contribution in [3.8, 4) is 0 Å². The third kappa shape index (κ3) is 2.10. The van der Waals surface area contributed by atoms with E-state index in [0.29, 0.717) is 18.4 Å². The standard InChI is InChI=1S/C10H12ClNO2/c11-5-10(13)12-6-7-4-8(7)9-2-1-3-14-9/h1-3,7-8H,4-6H2,(H,12,13)/t7-,8+/m0/s1. The molecule has 0 bridgehead atoms. The van der Waals surface area contributed by atoms with Crippen LogP contribution in [0.2, 0.25) is 0 Å². The first-order chi connectivity index (χ1) is 6.81. The van der Waals surface area contributed by atoms with Crippen molar-refractivity contribution in [3.63, 3.8) is 0 Å². The van der Waals surface area contributed by atoms with Crippen molar-refractivity contribution >= 4 is 17.5 Å². The van der Waals surface area contributed by atoms with Crippen LogP contribution in [0.15, 0.2) is 22.8 Å². The summed E-state index contributed by atoms with van der Waals surface area (Å²) < 4.78 is 5.28. The lowest BCUT2D eigenvalue weighted by Crippen LogP contribution is -2.26. The molecule has 0 aromatic carbocycles. The SMILES string of the molecule is O=C(CCl)NC[C@@H]1C[C@H]1c1ccco1. The lowest BCUT2D eigenvalue weighted by atomic mass is 10.2. The van der Waals surface area contributed by atoms with Gasteiger partial charge in [-0.2, -0.15) is 0 Å². The van der Waals surface area contributed by atoms with Crippen LogP contribution in [-0.4, -0.2) is 18.3 Å². The van der Waals surface area contributed by atoms with Gasteiger partial charge in [0, 0.05) is 12.5 Å². The molecule has 14 heavy (non-hydrogen) atoms. The zero-order valence-corrected chi connectivity index (χ0v) is 8.46. The molecule has 2 atom stereocenters. The van der Waals surface area contributed by atoms with Crippen molar-refractivity contribution in [2.75, 3.05) is 12.4 Å². The van der Waals surface area contributed by atoms with Crippen molar-refractivity contribution in [1.82, 2.24) is 5.32 Å². The highest BCUT2D eigenvalue weighted by Crippen LogP contribution is 2.46. The molecule has 1 heterocycles. The summed E-state index contributed by atoms with van der Waals surface area (Å²) in [6, 6.07) is 3.87. The number of nitrogens with one attached hydrogen (secondary N) is 1. The Morgan fingerprint density at radius 3 is 3.21 bits per heavy atom. The van der Waals surface area contributed by atoms with Crippen molar-refractivity contribution in [2.45, 2.75) is 12.3 Å². The van der Waals surface area contributed by atoms with E-state index in [4.69, 9.17) is 16.0 Å². The first-order valence-electron chi connectivity index (χ1n) is 4.67. The summed E-state index contributed by atoms with van der Waals surface area (Å²) in [7, 11) is 0. The second-order valence-corrected chi connectivity index (χ2v) is 3.82. The van der Waals surface area contributed by atoms with E-state index in [1.165, 1.54) is 0 Å². The normalized spacial score (nSPS) is 24.6. The average molecular weight is 214 g/mol. The van der Waals surface area contributed by atoms with Gasteiger partial charge in [-0.15, -0.1) is 11.6 Å². The molecule has 4 heteroatoms. The van der Waals surface area contributed by atoms with Gasteiger partial charge in [0.15, 0.2) is 0 Å². The maximum absolute atomic E-state index is 10.9.